The highest BCUT2D eigenvalue weighted by Gasteiger charge is 2.37. The van der Waals surface area contributed by atoms with Crippen molar-refractivity contribution in [1.29, 1.82) is 5.26 Å². The summed E-state index contributed by atoms with van der Waals surface area (Å²) in [5, 5.41) is 9.29. The first-order chi connectivity index (χ1) is 8.99. The fourth-order valence-corrected chi connectivity index (χ4v) is 2.13. The van der Waals surface area contributed by atoms with Crippen LogP contribution in [-0.2, 0) is 11.3 Å². The minimum atomic E-state index is -0.904. The van der Waals surface area contributed by atoms with E-state index in [4.69, 9.17) is 0 Å². The van der Waals surface area contributed by atoms with Crippen molar-refractivity contribution >= 4 is 5.91 Å². The number of nitriles is 1. The van der Waals surface area contributed by atoms with Crippen molar-refractivity contribution in [3.63, 3.8) is 0 Å². The second kappa shape index (κ2) is 6.33. The van der Waals surface area contributed by atoms with Gasteiger partial charge in [-0.2, -0.15) is 5.26 Å². The predicted molar refractivity (Wildman–Crippen MR) is 74.1 cm³/mol. The third-order valence-corrected chi connectivity index (χ3v) is 3.52. The van der Waals surface area contributed by atoms with Crippen molar-refractivity contribution in [2.24, 2.45) is 5.41 Å². The van der Waals surface area contributed by atoms with Crippen molar-refractivity contribution in [2.75, 3.05) is 7.05 Å². The molecule has 0 N–H and O–H groups in total. The van der Waals surface area contributed by atoms with Gasteiger partial charge in [-0.3, -0.25) is 9.78 Å². The summed E-state index contributed by atoms with van der Waals surface area (Å²) in [5.74, 6) is -0.122. The lowest BCUT2D eigenvalue weighted by molar-refractivity contribution is -0.138. The van der Waals surface area contributed by atoms with E-state index in [2.05, 4.69) is 11.1 Å². The number of rotatable bonds is 5. The molecule has 0 aromatic carbocycles. The van der Waals surface area contributed by atoms with Gasteiger partial charge in [0.15, 0.2) is 0 Å². The molecule has 19 heavy (non-hydrogen) atoms. The number of hydrogen-bond acceptors (Lipinski definition) is 3. The average molecular weight is 259 g/mol. The monoisotopic (exact) mass is 259 g/mol. The maximum Gasteiger partial charge on any atom is 0.243 e. The van der Waals surface area contributed by atoms with E-state index in [1.54, 1.807) is 11.9 Å². The Hall–Kier alpha value is -1.89. The molecule has 0 aliphatic heterocycles. The maximum atomic E-state index is 12.4. The van der Waals surface area contributed by atoms with Crippen LogP contribution in [0.2, 0.25) is 0 Å². The summed E-state index contributed by atoms with van der Waals surface area (Å²) in [6, 6.07) is 7.92. The first-order valence-electron chi connectivity index (χ1n) is 6.58. The smallest absolute Gasteiger partial charge is 0.243 e. The maximum absolute atomic E-state index is 12.4. The Morgan fingerprint density at radius 1 is 1.42 bits per heavy atom. The molecule has 1 aromatic rings. The van der Waals surface area contributed by atoms with Gasteiger partial charge in [0, 0.05) is 12.7 Å². The number of nitrogens with zero attached hydrogens (tertiary/aromatic N) is 3. The van der Waals surface area contributed by atoms with Crippen LogP contribution in [0, 0.1) is 23.7 Å². The molecule has 0 unspecified atom stereocenters. The van der Waals surface area contributed by atoms with Gasteiger partial charge < -0.3 is 4.90 Å². The predicted octanol–water partition coefficient (Wildman–Crippen LogP) is 2.68. The molecule has 0 saturated carbocycles. The summed E-state index contributed by atoms with van der Waals surface area (Å²) in [5.41, 5.74) is 0.865. The number of amides is 1. The summed E-state index contributed by atoms with van der Waals surface area (Å²) >= 11 is 0. The largest absolute Gasteiger partial charge is 0.338 e. The number of carbonyl (C=O) groups is 1. The van der Waals surface area contributed by atoms with E-state index in [-0.39, 0.29) is 5.91 Å². The second-order valence-corrected chi connectivity index (χ2v) is 4.83. The number of carbonyl (C=O) groups excluding carboxylic acids is 1. The molecule has 0 aliphatic rings. The molecule has 1 amide bonds. The lowest BCUT2D eigenvalue weighted by atomic mass is 9.82. The molecule has 102 valence electrons. The molecule has 1 heterocycles. The van der Waals surface area contributed by atoms with Gasteiger partial charge in [0.25, 0.3) is 0 Å². The molecule has 0 atom stereocenters. The van der Waals surface area contributed by atoms with Crippen molar-refractivity contribution in [2.45, 2.75) is 40.2 Å². The highest BCUT2D eigenvalue weighted by atomic mass is 16.2. The summed E-state index contributed by atoms with van der Waals surface area (Å²) in [6.07, 6.45) is 1.06. The topological polar surface area (TPSA) is 57.0 Å². The molecule has 1 rings (SSSR count). The van der Waals surface area contributed by atoms with E-state index in [1.807, 2.05) is 39.0 Å². The van der Waals surface area contributed by atoms with Crippen LogP contribution < -0.4 is 0 Å². The summed E-state index contributed by atoms with van der Waals surface area (Å²) in [4.78, 5) is 18.4. The Kier molecular flexibility index (Phi) is 5.05. The van der Waals surface area contributed by atoms with Gasteiger partial charge in [0.1, 0.15) is 5.41 Å². The molecule has 0 fully saturated rings. The lowest BCUT2D eigenvalue weighted by Crippen LogP contribution is -2.40. The van der Waals surface area contributed by atoms with Gasteiger partial charge in [0.2, 0.25) is 5.91 Å². The molecule has 0 aliphatic carbocycles. The number of pyridine rings is 1. The van der Waals surface area contributed by atoms with E-state index in [0.29, 0.717) is 19.4 Å². The fraction of sp³-hybridized carbons (Fsp3) is 0.533. The zero-order valence-electron chi connectivity index (χ0n) is 12.1. The number of aryl methyl sites for hydroxylation is 1. The Morgan fingerprint density at radius 2 is 2.05 bits per heavy atom. The first kappa shape index (κ1) is 15.2. The van der Waals surface area contributed by atoms with Crippen LogP contribution in [0.5, 0.6) is 0 Å². The van der Waals surface area contributed by atoms with Gasteiger partial charge in [-0.05, 0) is 31.9 Å². The Morgan fingerprint density at radius 3 is 2.53 bits per heavy atom. The van der Waals surface area contributed by atoms with Gasteiger partial charge in [0.05, 0.1) is 18.3 Å². The summed E-state index contributed by atoms with van der Waals surface area (Å²) < 4.78 is 0. The Bertz CT molecular complexity index is 486. The van der Waals surface area contributed by atoms with Crippen LogP contribution in [0.1, 0.15) is 38.1 Å². The summed E-state index contributed by atoms with van der Waals surface area (Å²) in [6.45, 7) is 6.11. The van der Waals surface area contributed by atoms with Gasteiger partial charge in [-0.15, -0.1) is 0 Å². The van der Waals surface area contributed by atoms with Crippen LogP contribution in [0.3, 0.4) is 0 Å². The molecular weight excluding hydrogens is 238 g/mol. The van der Waals surface area contributed by atoms with Gasteiger partial charge in [-0.25, -0.2) is 0 Å². The number of aromatic nitrogens is 1. The van der Waals surface area contributed by atoms with Gasteiger partial charge in [-0.1, -0.05) is 19.9 Å². The molecule has 4 heteroatoms. The van der Waals surface area contributed by atoms with E-state index in [9.17, 15) is 10.1 Å². The molecule has 0 saturated heterocycles. The van der Waals surface area contributed by atoms with E-state index < -0.39 is 5.41 Å². The molecule has 0 radical (unpaired) electrons. The quantitative estimate of drug-likeness (QED) is 0.817. The molecule has 0 bridgehead atoms. The Labute approximate surface area is 115 Å². The van der Waals surface area contributed by atoms with Crippen LogP contribution in [0.25, 0.3) is 0 Å². The van der Waals surface area contributed by atoms with Crippen LogP contribution in [0.4, 0.5) is 0 Å². The van der Waals surface area contributed by atoms with E-state index in [1.165, 1.54) is 0 Å². The van der Waals surface area contributed by atoms with Crippen molar-refractivity contribution in [3.05, 3.63) is 29.6 Å². The fourth-order valence-electron chi connectivity index (χ4n) is 2.13. The molecule has 0 spiro atoms. The molecule has 1 aromatic heterocycles. The molecular formula is C15H21N3O. The first-order valence-corrected chi connectivity index (χ1v) is 6.58. The normalized spacial score (nSPS) is 10.9. The van der Waals surface area contributed by atoms with Crippen molar-refractivity contribution < 1.29 is 4.79 Å². The van der Waals surface area contributed by atoms with Crippen molar-refractivity contribution in [1.82, 2.24) is 9.88 Å². The molecule has 4 nitrogen and oxygen atoms in total. The van der Waals surface area contributed by atoms with Crippen molar-refractivity contribution in [3.8, 4) is 6.07 Å². The summed E-state index contributed by atoms with van der Waals surface area (Å²) in [7, 11) is 1.73. The Balaban J connectivity index is 2.86. The minimum absolute atomic E-state index is 0.122. The lowest BCUT2D eigenvalue weighted by Gasteiger charge is -2.28. The van der Waals surface area contributed by atoms with Crippen LogP contribution in [0.15, 0.2) is 18.2 Å². The second-order valence-electron chi connectivity index (χ2n) is 4.83. The zero-order valence-corrected chi connectivity index (χ0v) is 12.1. The third-order valence-electron chi connectivity index (χ3n) is 3.52. The highest BCUT2D eigenvalue weighted by Crippen LogP contribution is 2.28. The average Bonchev–Trinajstić information content (AvgIpc) is 2.41. The van der Waals surface area contributed by atoms with E-state index in [0.717, 1.165) is 11.4 Å². The van der Waals surface area contributed by atoms with Crippen LogP contribution in [-0.4, -0.2) is 22.8 Å². The zero-order chi connectivity index (χ0) is 14.5. The number of hydrogen-bond donors (Lipinski definition) is 0. The highest BCUT2D eigenvalue weighted by molar-refractivity contribution is 5.85. The minimum Gasteiger partial charge on any atom is -0.338 e. The standard InChI is InChI=1S/C15H21N3O/c1-5-15(6-2,11-16)14(19)18(4)10-13-9-7-8-12(3)17-13/h7-9H,5-6,10H2,1-4H3. The van der Waals surface area contributed by atoms with E-state index >= 15 is 0 Å². The third kappa shape index (κ3) is 3.31. The van der Waals surface area contributed by atoms with Crippen LogP contribution >= 0.6 is 0 Å². The SMILES string of the molecule is CCC(C#N)(CC)C(=O)N(C)Cc1cccc(C)n1. The van der Waals surface area contributed by atoms with Gasteiger partial charge >= 0.3 is 0 Å².